The second kappa shape index (κ2) is 10.8. The zero-order valence-corrected chi connectivity index (χ0v) is 19.2. The number of carbonyl (C=O) groups is 1. The number of ether oxygens (including phenoxy) is 1. The average Bonchev–Trinajstić information content (AvgIpc) is 3.39. The number of nitrogens with two attached hydrogens (primary N) is 1. The van der Waals surface area contributed by atoms with E-state index in [1.54, 1.807) is 35.8 Å². The molecule has 3 N–H and O–H groups in total. The molecule has 162 valence electrons. The number of amides is 1. The molecule has 0 bridgehead atoms. The molecule has 3 aromatic rings. The molecule has 0 radical (unpaired) electrons. The molecule has 2 aromatic heterocycles. The lowest BCUT2D eigenvalue weighted by Crippen LogP contribution is -2.30. The Balaban J connectivity index is 1.68. The van der Waals surface area contributed by atoms with E-state index in [0.29, 0.717) is 36.7 Å². The number of rotatable bonds is 10. The van der Waals surface area contributed by atoms with Crippen molar-refractivity contribution in [2.75, 3.05) is 18.6 Å². The first-order valence-corrected chi connectivity index (χ1v) is 11.4. The second-order valence-corrected chi connectivity index (χ2v) is 8.61. The molecule has 0 aliphatic heterocycles. The number of nitrogens with zero attached hydrogens (tertiary/aromatic N) is 4. The SMILES string of the molecule is CCOc1ccccc1N/N=C(/C(N)=O)C(C)=NCCc1nc(-c2nccs2)c(C)s1. The number of aromatic nitrogens is 2. The molecule has 3 rings (SSSR count). The molecule has 0 saturated carbocycles. The van der Waals surface area contributed by atoms with E-state index >= 15 is 0 Å². The van der Waals surface area contributed by atoms with E-state index in [-0.39, 0.29) is 5.71 Å². The molecule has 0 atom stereocenters. The van der Waals surface area contributed by atoms with Crippen LogP contribution in [0.25, 0.3) is 10.7 Å². The monoisotopic (exact) mass is 456 g/mol. The number of thiazole rings is 2. The number of hydrogen-bond donors (Lipinski definition) is 2. The van der Waals surface area contributed by atoms with Crippen LogP contribution in [0.1, 0.15) is 23.7 Å². The van der Waals surface area contributed by atoms with E-state index in [9.17, 15) is 4.79 Å². The van der Waals surface area contributed by atoms with Gasteiger partial charge in [-0.2, -0.15) is 5.10 Å². The Morgan fingerprint density at radius 1 is 1.32 bits per heavy atom. The van der Waals surface area contributed by atoms with Gasteiger partial charge in [0, 0.05) is 29.4 Å². The minimum absolute atomic E-state index is 0.0742. The minimum atomic E-state index is -0.654. The van der Waals surface area contributed by atoms with Crippen LogP contribution in [0.15, 0.2) is 45.9 Å². The highest BCUT2D eigenvalue weighted by atomic mass is 32.1. The Morgan fingerprint density at radius 3 is 2.84 bits per heavy atom. The van der Waals surface area contributed by atoms with Crippen LogP contribution in [0.3, 0.4) is 0 Å². The predicted octanol–water partition coefficient (Wildman–Crippen LogP) is 3.93. The maximum absolute atomic E-state index is 11.9. The van der Waals surface area contributed by atoms with Crippen molar-refractivity contribution in [1.82, 2.24) is 9.97 Å². The zero-order valence-electron chi connectivity index (χ0n) is 17.6. The van der Waals surface area contributed by atoms with Crippen LogP contribution in [-0.2, 0) is 11.2 Å². The number of para-hydroxylation sites is 2. The van der Waals surface area contributed by atoms with Crippen LogP contribution in [0.2, 0.25) is 0 Å². The van der Waals surface area contributed by atoms with Crippen molar-refractivity contribution in [3.8, 4) is 16.5 Å². The molecule has 31 heavy (non-hydrogen) atoms. The highest BCUT2D eigenvalue weighted by molar-refractivity contribution is 7.14. The van der Waals surface area contributed by atoms with Gasteiger partial charge in [0.25, 0.3) is 5.91 Å². The zero-order chi connectivity index (χ0) is 22.2. The highest BCUT2D eigenvalue weighted by Gasteiger charge is 2.14. The number of benzene rings is 1. The summed E-state index contributed by atoms with van der Waals surface area (Å²) in [5.74, 6) is -0.0128. The predicted molar refractivity (Wildman–Crippen MR) is 128 cm³/mol. The van der Waals surface area contributed by atoms with Gasteiger partial charge >= 0.3 is 0 Å². The number of aliphatic imine (C=N–C) groups is 1. The van der Waals surface area contributed by atoms with Gasteiger partial charge in [-0.3, -0.25) is 15.2 Å². The molecule has 0 saturated heterocycles. The molecule has 0 unspecified atom stereocenters. The summed E-state index contributed by atoms with van der Waals surface area (Å²) in [5.41, 5.74) is 10.5. The van der Waals surface area contributed by atoms with Gasteiger partial charge < -0.3 is 10.5 Å². The van der Waals surface area contributed by atoms with Crippen molar-refractivity contribution in [2.45, 2.75) is 27.2 Å². The summed E-state index contributed by atoms with van der Waals surface area (Å²) >= 11 is 3.20. The summed E-state index contributed by atoms with van der Waals surface area (Å²) in [7, 11) is 0. The summed E-state index contributed by atoms with van der Waals surface area (Å²) in [6, 6.07) is 7.34. The highest BCUT2D eigenvalue weighted by Crippen LogP contribution is 2.29. The summed E-state index contributed by atoms with van der Waals surface area (Å²) in [5, 5.41) is 8.00. The number of hydrogen-bond acceptors (Lipinski definition) is 9. The van der Waals surface area contributed by atoms with Gasteiger partial charge in [0.1, 0.15) is 16.5 Å². The Kier molecular flexibility index (Phi) is 7.85. The Morgan fingerprint density at radius 2 is 2.13 bits per heavy atom. The molecule has 0 fully saturated rings. The van der Waals surface area contributed by atoms with Crippen molar-refractivity contribution >= 4 is 45.7 Å². The van der Waals surface area contributed by atoms with Gasteiger partial charge in [0.15, 0.2) is 5.71 Å². The van der Waals surface area contributed by atoms with Gasteiger partial charge in [-0.15, -0.1) is 22.7 Å². The third kappa shape index (κ3) is 5.96. The van der Waals surface area contributed by atoms with Crippen LogP contribution in [-0.4, -0.2) is 40.5 Å². The number of primary amides is 1. The van der Waals surface area contributed by atoms with E-state index in [2.05, 4.69) is 25.5 Å². The number of anilines is 1. The van der Waals surface area contributed by atoms with E-state index in [4.69, 9.17) is 10.5 Å². The topological polar surface area (TPSA) is 115 Å². The van der Waals surface area contributed by atoms with Gasteiger partial charge in [-0.25, -0.2) is 9.97 Å². The smallest absolute Gasteiger partial charge is 0.271 e. The quantitative estimate of drug-likeness (QED) is 0.354. The summed E-state index contributed by atoms with van der Waals surface area (Å²) in [4.78, 5) is 26.5. The Hall–Kier alpha value is -3.11. The fourth-order valence-corrected chi connectivity index (χ4v) is 4.43. The first kappa shape index (κ1) is 22.6. The molecule has 0 spiro atoms. The molecule has 1 aromatic carbocycles. The van der Waals surface area contributed by atoms with Crippen LogP contribution in [0.4, 0.5) is 5.69 Å². The fourth-order valence-electron chi connectivity index (χ4n) is 2.76. The number of carbonyl (C=O) groups excluding carboxylic acids is 1. The summed E-state index contributed by atoms with van der Waals surface area (Å²) < 4.78 is 5.55. The van der Waals surface area contributed by atoms with Crippen molar-refractivity contribution in [1.29, 1.82) is 0 Å². The van der Waals surface area contributed by atoms with E-state index in [1.807, 2.05) is 43.5 Å². The van der Waals surface area contributed by atoms with Gasteiger partial charge in [-0.1, -0.05) is 12.1 Å². The van der Waals surface area contributed by atoms with Crippen LogP contribution in [0, 0.1) is 6.92 Å². The second-order valence-electron chi connectivity index (χ2n) is 6.43. The normalized spacial score (nSPS) is 12.1. The lowest BCUT2D eigenvalue weighted by atomic mass is 10.2. The number of nitrogens with one attached hydrogen (secondary N) is 1. The van der Waals surface area contributed by atoms with Crippen LogP contribution in [0.5, 0.6) is 5.75 Å². The summed E-state index contributed by atoms with van der Waals surface area (Å²) in [6.07, 6.45) is 2.43. The largest absolute Gasteiger partial charge is 0.492 e. The van der Waals surface area contributed by atoms with Crippen LogP contribution >= 0.6 is 22.7 Å². The van der Waals surface area contributed by atoms with Crippen LogP contribution < -0.4 is 15.9 Å². The molecular formula is C21H24N6O2S2. The van der Waals surface area contributed by atoms with Crippen molar-refractivity contribution in [2.24, 2.45) is 15.8 Å². The van der Waals surface area contributed by atoms with Gasteiger partial charge in [0.05, 0.1) is 23.0 Å². The number of aryl methyl sites for hydroxylation is 1. The molecule has 0 aliphatic carbocycles. The first-order chi connectivity index (χ1) is 15.0. The standard InChI is InChI=1S/C21H24N6O2S2/c1-4-29-16-8-6-5-7-15(16)26-27-18(20(22)28)13(2)23-10-9-17-25-19(14(3)31-17)21-24-11-12-30-21/h5-8,11-12,26H,4,9-10H2,1-3H3,(H2,22,28)/b23-13?,27-18+. The first-order valence-electron chi connectivity index (χ1n) is 9.72. The fraction of sp³-hybridized carbons (Fsp3) is 0.286. The maximum atomic E-state index is 11.9. The maximum Gasteiger partial charge on any atom is 0.271 e. The van der Waals surface area contributed by atoms with Crippen molar-refractivity contribution in [3.05, 3.63) is 45.7 Å². The Bertz CT molecular complexity index is 1090. The van der Waals surface area contributed by atoms with E-state index in [1.165, 1.54) is 0 Å². The molecule has 8 nitrogen and oxygen atoms in total. The Labute approximate surface area is 188 Å². The van der Waals surface area contributed by atoms with E-state index in [0.717, 1.165) is 20.6 Å². The van der Waals surface area contributed by atoms with Gasteiger partial charge in [-0.05, 0) is 32.9 Å². The minimum Gasteiger partial charge on any atom is -0.492 e. The molecule has 0 aliphatic rings. The van der Waals surface area contributed by atoms with E-state index < -0.39 is 5.91 Å². The van der Waals surface area contributed by atoms with Crippen molar-refractivity contribution in [3.63, 3.8) is 0 Å². The van der Waals surface area contributed by atoms with Gasteiger partial charge in [0.2, 0.25) is 0 Å². The summed E-state index contributed by atoms with van der Waals surface area (Å²) in [6.45, 7) is 6.64. The molecule has 10 heteroatoms. The molecule has 1 amide bonds. The lowest BCUT2D eigenvalue weighted by molar-refractivity contribution is -0.111. The van der Waals surface area contributed by atoms with Crippen molar-refractivity contribution < 1.29 is 9.53 Å². The lowest BCUT2D eigenvalue weighted by Gasteiger charge is -2.10. The third-order valence-corrected chi connectivity index (χ3v) is 6.01. The number of hydrazone groups is 1. The molecule has 2 heterocycles. The molecular weight excluding hydrogens is 432 g/mol. The average molecular weight is 457 g/mol. The third-order valence-electron chi connectivity index (χ3n) is 4.20.